The summed E-state index contributed by atoms with van der Waals surface area (Å²) >= 11 is 0. The van der Waals surface area contributed by atoms with Crippen molar-refractivity contribution in [2.45, 2.75) is 59.5 Å². The first-order valence-electron chi connectivity index (χ1n) is 8.27. The molecule has 0 fully saturated rings. The molecule has 0 amide bonds. The van der Waals surface area contributed by atoms with Gasteiger partial charge in [-0.3, -0.25) is 4.79 Å². The largest absolute Gasteiger partial charge is 0.376 e. The maximum atomic E-state index is 13.3. The van der Waals surface area contributed by atoms with Crippen molar-refractivity contribution in [3.05, 3.63) is 46.1 Å². The molecular weight excluding hydrogens is 272 g/mol. The molecule has 3 rings (SSSR count). The smallest absolute Gasteiger partial charge is 0.195 e. The molecule has 118 valence electrons. The Hall–Kier alpha value is -1.41. The highest BCUT2D eigenvalue weighted by atomic mass is 16.3. The first-order valence-corrected chi connectivity index (χ1v) is 8.27. The van der Waals surface area contributed by atoms with Gasteiger partial charge in [-0.2, -0.15) is 0 Å². The molecule has 0 unspecified atom stereocenters. The molecule has 0 radical (unpaired) electrons. The van der Waals surface area contributed by atoms with E-state index >= 15 is 0 Å². The lowest BCUT2D eigenvalue weighted by Crippen LogP contribution is -2.56. The summed E-state index contributed by atoms with van der Waals surface area (Å²) in [7, 11) is 0. The van der Waals surface area contributed by atoms with Gasteiger partial charge in [-0.15, -0.1) is 0 Å². The molecule has 2 nitrogen and oxygen atoms in total. The topological polar surface area (TPSA) is 37.3 Å². The maximum Gasteiger partial charge on any atom is 0.195 e. The lowest BCUT2D eigenvalue weighted by atomic mass is 9.57. The van der Waals surface area contributed by atoms with Crippen molar-refractivity contribution in [1.29, 1.82) is 0 Å². The van der Waals surface area contributed by atoms with E-state index in [1.165, 1.54) is 11.1 Å². The summed E-state index contributed by atoms with van der Waals surface area (Å²) in [6.07, 6.45) is 8.80. The summed E-state index contributed by atoms with van der Waals surface area (Å²) in [6.45, 7) is 10.2. The molecule has 1 atom stereocenters. The van der Waals surface area contributed by atoms with Gasteiger partial charge >= 0.3 is 0 Å². The van der Waals surface area contributed by atoms with Crippen molar-refractivity contribution in [2.75, 3.05) is 0 Å². The van der Waals surface area contributed by atoms with E-state index < -0.39 is 11.0 Å². The molecule has 0 saturated carbocycles. The summed E-state index contributed by atoms with van der Waals surface area (Å²) in [5.41, 5.74) is 3.37. The van der Waals surface area contributed by atoms with Gasteiger partial charge < -0.3 is 5.11 Å². The summed E-state index contributed by atoms with van der Waals surface area (Å²) < 4.78 is 0. The van der Waals surface area contributed by atoms with Crippen LogP contribution in [0.5, 0.6) is 0 Å². The van der Waals surface area contributed by atoms with Crippen molar-refractivity contribution in [3.8, 4) is 0 Å². The lowest BCUT2D eigenvalue weighted by molar-refractivity contribution is -0.142. The molecule has 3 aliphatic carbocycles. The summed E-state index contributed by atoms with van der Waals surface area (Å²) in [4.78, 5) is 13.3. The second kappa shape index (κ2) is 4.79. The van der Waals surface area contributed by atoms with Crippen LogP contribution in [0.1, 0.15) is 53.9 Å². The first kappa shape index (κ1) is 15.5. The third kappa shape index (κ3) is 1.93. The van der Waals surface area contributed by atoms with Crippen molar-refractivity contribution in [1.82, 2.24) is 0 Å². The van der Waals surface area contributed by atoms with Gasteiger partial charge in [-0.05, 0) is 43.3 Å². The Morgan fingerprint density at radius 2 is 1.91 bits per heavy atom. The third-order valence-corrected chi connectivity index (χ3v) is 5.58. The van der Waals surface area contributed by atoms with E-state index in [1.54, 1.807) is 0 Å². The highest BCUT2D eigenvalue weighted by molar-refractivity contribution is 6.07. The van der Waals surface area contributed by atoms with E-state index in [9.17, 15) is 9.90 Å². The Bertz CT molecular complexity index is 668. The number of carbonyl (C=O) groups is 1. The Morgan fingerprint density at radius 1 is 1.23 bits per heavy atom. The minimum absolute atomic E-state index is 0.0982. The van der Waals surface area contributed by atoms with Crippen LogP contribution >= 0.6 is 0 Å². The Labute approximate surface area is 133 Å². The minimum Gasteiger partial charge on any atom is -0.376 e. The van der Waals surface area contributed by atoms with Crippen LogP contribution in [0.4, 0.5) is 0 Å². The SMILES string of the molecule is CC1=CC2=CC=C(C(C)C)C(=O)[C@@]3(O)C2=C(CCC3(C)C)C1. The summed E-state index contributed by atoms with van der Waals surface area (Å²) in [5, 5.41) is 11.7. The quantitative estimate of drug-likeness (QED) is 0.784. The fourth-order valence-corrected chi connectivity index (χ4v) is 4.15. The van der Waals surface area contributed by atoms with Gasteiger partial charge in [-0.1, -0.05) is 57.1 Å². The van der Waals surface area contributed by atoms with E-state index in [4.69, 9.17) is 0 Å². The number of rotatable bonds is 1. The fraction of sp³-hybridized carbons (Fsp3) is 0.550. The normalized spacial score (nSPS) is 30.5. The number of allylic oxidation sites excluding steroid dienone is 5. The zero-order valence-electron chi connectivity index (χ0n) is 14.3. The summed E-state index contributed by atoms with van der Waals surface area (Å²) in [6, 6.07) is 0. The standard InChI is InChI=1S/C20H26O2/c1-12(2)16-7-6-14-10-13(3)11-15-8-9-19(4,5)20(22,17(14)15)18(16)21/h6-7,10,12,22H,8-9,11H2,1-5H3/t20-/m0/s1. The number of hydrogen-bond donors (Lipinski definition) is 1. The maximum absolute atomic E-state index is 13.3. The van der Waals surface area contributed by atoms with Crippen LogP contribution in [0.15, 0.2) is 46.1 Å². The number of carbonyl (C=O) groups excluding carboxylic acids is 1. The summed E-state index contributed by atoms with van der Waals surface area (Å²) in [5.74, 6) is 0.0132. The molecule has 3 aliphatic rings. The Balaban J connectivity index is 2.31. The molecule has 0 saturated heterocycles. The number of hydrogen-bond acceptors (Lipinski definition) is 2. The van der Waals surface area contributed by atoms with E-state index in [0.717, 1.165) is 36.0 Å². The second-order valence-electron chi connectivity index (χ2n) is 7.97. The number of Topliss-reactive ketones (excluding diaryl/α,β-unsaturated/α-hetero) is 1. The van der Waals surface area contributed by atoms with Crippen molar-refractivity contribution in [3.63, 3.8) is 0 Å². The van der Waals surface area contributed by atoms with Gasteiger partial charge in [0.05, 0.1) is 0 Å². The molecule has 0 aromatic heterocycles. The first-order chi connectivity index (χ1) is 10.2. The van der Waals surface area contributed by atoms with Gasteiger partial charge in [0, 0.05) is 11.0 Å². The molecule has 0 heterocycles. The highest BCUT2D eigenvalue weighted by Crippen LogP contribution is 2.54. The minimum atomic E-state index is -1.39. The van der Waals surface area contributed by atoms with Gasteiger partial charge in [0.25, 0.3) is 0 Å². The molecule has 0 bridgehead atoms. The monoisotopic (exact) mass is 298 g/mol. The molecule has 0 aromatic rings. The number of ketones is 1. The van der Waals surface area contributed by atoms with Crippen LogP contribution in [0.25, 0.3) is 0 Å². The molecule has 0 aromatic carbocycles. The van der Waals surface area contributed by atoms with Crippen LogP contribution in [-0.4, -0.2) is 16.5 Å². The molecule has 1 N–H and O–H groups in total. The van der Waals surface area contributed by atoms with Gasteiger partial charge in [0.15, 0.2) is 11.4 Å². The van der Waals surface area contributed by atoms with Crippen LogP contribution < -0.4 is 0 Å². The lowest BCUT2D eigenvalue weighted by Gasteiger charge is -2.49. The van der Waals surface area contributed by atoms with E-state index in [0.29, 0.717) is 0 Å². The van der Waals surface area contributed by atoms with Crippen molar-refractivity contribution >= 4 is 5.78 Å². The second-order valence-corrected chi connectivity index (χ2v) is 7.97. The van der Waals surface area contributed by atoms with Crippen LogP contribution in [0.2, 0.25) is 0 Å². The van der Waals surface area contributed by atoms with Gasteiger partial charge in [-0.25, -0.2) is 0 Å². The van der Waals surface area contributed by atoms with Crippen LogP contribution in [0, 0.1) is 11.3 Å². The Kier molecular flexibility index (Phi) is 3.37. The zero-order valence-corrected chi connectivity index (χ0v) is 14.3. The molecule has 2 heteroatoms. The fourth-order valence-electron chi connectivity index (χ4n) is 4.15. The van der Waals surface area contributed by atoms with E-state index in [2.05, 4.69) is 13.0 Å². The van der Waals surface area contributed by atoms with Crippen LogP contribution in [-0.2, 0) is 4.79 Å². The molecular formula is C20H26O2. The predicted molar refractivity (Wildman–Crippen MR) is 89.4 cm³/mol. The number of aliphatic hydroxyl groups is 1. The van der Waals surface area contributed by atoms with Gasteiger partial charge in [0.1, 0.15) is 0 Å². The van der Waals surface area contributed by atoms with Crippen molar-refractivity contribution < 1.29 is 9.90 Å². The van der Waals surface area contributed by atoms with E-state index in [1.807, 2.05) is 39.8 Å². The molecule has 0 spiro atoms. The van der Waals surface area contributed by atoms with Crippen LogP contribution in [0.3, 0.4) is 0 Å². The molecule has 22 heavy (non-hydrogen) atoms. The molecule has 0 aliphatic heterocycles. The van der Waals surface area contributed by atoms with Crippen molar-refractivity contribution in [2.24, 2.45) is 11.3 Å². The third-order valence-electron chi connectivity index (χ3n) is 5.58. The average Bonchev–Trinajstić information content (AvgIpc) is 2.52. The van der Waals surface area contributed by atoms with Gasteiger partial charge in [0.2, 0.25) is 0 Å². The van der Waals surface area contributed by atoms with E-state index in [-0.39, 0.29) is 11.7 Å². The highest BCUT2D eigenvalue weighted by Gasteiger charge is 2.57. The Morgan fingerprint density at radius 3 is 2.55 bits per heavy atom. The predicted octanol–water partition coefficient (Wildman–Crippen LogP) is 4.28. The zero-order chi connectivity index (χ0) is 16.3. The average molecular weight is 298 g/mol.